The number of amides is 2. The molecule has 2 aromatic carbocycles. The Kier molecular flexibility index (Phi) is 14.1. The summed E-state index contributed by atoms with van der Waals surface area (Å²) in [6.07, 6.45) is 0.122. The Hall–Kier alpha value is -5.73. The summed E-state index contributed by atoms with van der Waals surface area (Å²) in [5.74, 6) is -2.18. The monoisotopic (exact) mass is 700 g/mol. The van der Waals surface area contributed by atoms with Gasteiger partial charge in [-0.05, 0) is 43.5 Å². The molecule has 0 radical (unpaired) electrons. The molecule has 0 bridgehead atoms. The van der Waals surface area contributed by atoms with Gasteiger partial charge in [0, 0.05) is 56.6 Å². The summed E-state index contributed by atoms with van der Waals surface area (Å²) in [5.41, 5.74) is 8.00. The number of carbonyl (C=O) groups is 3. The number of aromatic amines is 2. The first kappa shape index (κ1) is 38.1. The maximum absolute atomic E-state index is 13.3. The van der Waals surface area contributed by atoms with Crippen molar-refractivity contribution in [1.82, 2.24) is 25.5 Å². The van der Waals surface area contributed by atoms with Crippen LogP contribution in [0.25, 0.3) is 0 Å². The number of nitrogens with one attached hydrogen (secondary N) is 4. The van der Waals surface area contributed by atoms with Crippen molar-refractivity contribution in [3.8, 4) is 11.5 Å². The molecule has 2 amide bonds. The molecule has 0 saturated heterocycles. The van der Waals surface area contributed by atoms with Crippen LogP contribution in [-0.2, 0) is 18.0 Å². The molecule has 2 aromatic heterocycles. The van der Waals surface area contributed by atoms with Crippen molar-refractivity contribution in [2.45, 2.75) is 45.9 Å². The second-order valence-electron chi connectivity index (χ2n) is 12.1. The summed E-state index contributed by atoms with van der Waals surface area (Å²) in [6, 6.07) is 21.1. The van der Waals surface area contributed by atoms with E-state index in [0.29, 0.717) is 24.5 Å². The van der Waals surface area contributed by atoms with Crippen LogP contribution in [0, 0.1) is 13.8 Å². The number of carboxylic acid groups (broad SMARTS) is 1. The van der Waals surface area contributed by atoms with E-state index >= 15 is 0 Å². The smallest absolute Gasteiger partial charge is 0.303 e. The zero-order chi connectivity index (χ0) is 36.8. The Morgan fingerprint density at radius 3 is 1.61 bits per heavy atom. The summed E-state index contributed by atoms with van der Waals surface area (Å²) < 4.78 is 11.6. The molecule has 4 rings (SSSR count). The van der Waals surface area contributed by atoms with Gasteiger partial charge < -0.3 is 40.9 Å². The number of pyridine rings is 2. The number of hydrogen-bond acceptors (Lipinski definition) is 9. The minimum absolute atomic E-state index is 0.0857. The van der Waals surface area contributed by atoms with Crippen molar-refractivity contribution in [2.75, 3.05) is 32.7 Å². The van der Waals surface area contributed by atoms with Crippen LogP contribution in [0.3, 0.4) is 0 Å². The number of rotatable bonds is 19. The minimum Gasteiger partial charge on any atom is -0.482 e. The number of carbonyl (C=O) groups excluding carboxylic acids is 2. The fourth-order valence-electron chi connectivity index (χ4n) is 5.31. The van der Waals surface area contributed by atoms with Gasteiger partial charge in [0.2, 0.25) is 0 Å². The van der Waals surface area contributed by atoms with Crippen molar-refractivity contribution in [1.29, 1.82) is 0 Å². The maximum atomic E-state index is 13.3. The quantitative estimate of drug-likeness (QED) is 0.0842. The summed E-state index contributed by atoms with van der Waals surface area (Å²) >= 11 is 0. The summed E-state index contributed by atoms with van der Waals surface area (Å²) in [4.78, 5) is 70.5. The van der Waals surface area contributed by atoms with Crippen molar-refractivity contribution in [2.24, 2.45) is 5.73 Å². The lowest BCUT2D eigenvalue weighted by Crippen LogP contribution is -2.45. The highest BCUT2D eigenvalue weighted by Crippen LogP contribution is 2.17. The van der Waals surface area contributed by atoms with Gasteiger partial charge in [-0.3, -0.25) is 28.9 Å². The van der Waals surface area contributed by atoms with Crippen LogP contribution >= 0.6 is 0 Å². The number of aromatic nitrogens is 2. The Bertz CT molecular complexity index is 1770. The molecule has 270 valence electrons. The van der Waals surface area contributed by atoms with Crippen LogP contribution in [-0.4, -0.2) is 76.5 Å². The number of ether oxygens (including phenoxy) is 2. The predicted molar refractivity (Wildman–Crippen MR) is 191 cm³/mol. The number of aryl methyl sites for hydroxylation is 2. The largest absolute Gasteiger partial charge is 0.482 e. The molecule has 0 saturated carbocycles. The van der Waals surface area contributed by atoms with E-state index in [9.17, 15) is 24.0 Å². The highest BCUT2D eigenvalue weighted by molar-refractivity contribution is 5.97. The average molecular weight is 701 g/mol. The van der Waals surface area contributed by atoms with Crippen molar-refractivity contribution in [3.05, 3.63) is 127 Å². The SMILES string of the molecule is Cc1cc(C(=O)NCCN(CCNC(=O)c2cc(C)[nH]c(=O)c2OCc2ccccc2)CC(N)CCC(=O)O)c(OCc2ccccc2)c(=O)[nH]1. The maximum Gasteiger partial charge on any atom is 0.303 e. The summed E-state index contributed by atoms with van der Waals surface area (Å²) in [6.45, 7) is 4.68. The Labute approximate surface area is 295 Å². The molecule has 14 nitrogen and oxygen atoms in total. The summed E-state index contributed by atoms with van der Waals surface area (Å²) in [5, 5.41) is 14.8. The van der Waals surface area contributed by atoms with Gasteiger partial charge in [0.05, 0.1) is 11.1 Å². The number of aliphatic carboxylic acids is 1. The number of benzene rings is 2. The van der Waals surface area contributed by atoms with E-state index in [1.165, 1.54) is 0 Å². The minimum atomic E-state index is -0.964. The lowest BCUT2D eigenvalue weighted by Gasteiger charge is -2.26. The fraction of sp³-hybridized carbons (Fsp3) is 0.324. The van der Waals surface area contributed by atoms with Crippen molar-refractivity contribution < 1.29 is 29.0 Å². The van der Waals surface area contributed by atoms with Gasteiger partial charge in [-0.25, -0.2) is 0 Å². The van der Waals surface area contributed by atoms with Crippen LogP contribution in [0.1, 0.15) is 56.1 Å². The predicted octanol–water partition coefficient (Wildman–Crippen LogP) is 2.49. The van der Waals surface area contributed by atoms with E-state index in [-0.39, 0.29) is 68.3 Å². The lowest BCUT2D eigenvalue weighted by atomic mass is 10.1. The van der Waals surface area contributed by atoms with E-state index in [1.54, 1.807) is 26.0 Å². The standard InChI is InChI=1S/C37H44N6O8/c1-24-19-29(32(36(48)41-24)50-22-26-9-5-3-6-10-26)34(46)39-15-17-43(21-28(38)13-14-31(44)45)18-16-40-35(47)30-20-25(2)42-37(49)33(30)51-23-27-11-7-4-8-12-27/h3-12,19-20,28H,13-18,21-23,38H2,1-2H3,(H,39,46)(H,40,47)(H,41,48)(H,42,49)(H,44,45). The Morgan fingerprint density at radius 1 is 0.765 bits per heavy atom. The lowest BCUT2D eigenvalue weighted by molar-refractivity contribution is -0.137. The van der Waals surface area contributed by atoms with Gasteiger partial charge in [0.25, 0.3) is 22.9 Å². The van der Waals surface area contributed by atoms with Gasteiger partial charge in [-0.1, -0.05) is 60.7 Å². The van der Waals surface area contributed by atoms with E-state index in [2.05, 4.69) is 20.6 Å². The van der Waals surface area contributed by atoms with Crippen LogP contribution in [0.15, 0.2) is 82.4 Å². The molecule has 1 unspecified atom stereocenters. The molecular weight excluding hydrogens is 656 g/mol. The van der Waals surface area contributed by atoms with E-state index in [4.69, 9.17) is 20.3 Å². The van der Waals surface area contributed by atoms with E-state index in [1.807, 2.05) is 65.6 Å². The van der Waals surface area contributed by atoms with Crippen molar-refractivity contribution in [3.63, 3.8) is 0 Å². The third-order valence-electron chi connectivity index (χ3n) is 7.83. The molecule has 1 atom stereocenters. The van der Waals surface area contributed by atoms with Gasteiger partial charge in [0.15, 0.2) is 11.5 Å². The molecule has 0 aliphatic heterocycles. The number of nitrogens with two attached hydrogens (primary N) is 1. The summed E-state index contributed by atoms with van der Waals surface area (Å²) in [7, 11) is 0. The van der Waals surface area contributed by atoms with Crippen molar-refractivity contribution >= 4 is 17.8 Å². The zero-order valence-electron chi connectivity index (χ0n) is 28.7. The number of carboxylic acids is 1. The Balaban J connectivity index is 1.40. The molecular formula is C37H44N6O8. The third kappa shape index (κ3) is 12.0. The topological polar surface area (TPSA) is 209 Å². The molecule has 0 spiro atoms. The second-order valence-corrected chi connectivity index (χ2v) is 12.1. The molecule has 2 heterocycles. The number of hydrogen-bond donors (Lipinski definition) is 6. The molecule has 51 heavy (non-hydrogen) atoms. The first-order valence-corrected chi connectivity index (χ1v) is 16.6. The van der Waals surface area contributed by atoms with Crippen LogP contribution < -0.4 is 37.0 Å². The number of nitrogens with zero attached hydrogens (tertiary/aromatic N) is 1. The van der Waals surface area contributed by atoms with Gasteiger partial charge in [-0.2, -0.15) is 0 Å². The highest BCUT2D eigenvalue weighted by Gasteiger charge is 2.20. The first-order valence-electron chi connectivity index (χ1n) is 16.6. The van der Waals surface area contributed by atoms with Gasteiger partial charge in [-0.15, -0.1) is 0 Å². The molecule has 0 fully saturated rings. The second kappa shape index (κ2) is 18.9. The highest BCUT2D eigenvalue weighted by atomic mass is 16.5. The normalized spacial score (nSPS) is 11.5. The molecule has 7 N–H and O–H groups in total. The van der Waals surface area contributed by atoms with Gasteiger partial charge >= 0.3 is 5.97 Å². The molecule has 4 aromatic rings. The fourth-order valence-corrected chi connectivity index (χ4v) is 5.31. The third-order valence-corrected chi connectivity index (χ3v) is 7.83. The van der Waals surface area contributed by atoms with E-state index < -0.39 is 34.9 Å². The molecule has 14 heteroatoms. The van der Waals surface area contributed by atoms with Crippen LogP contribution in [0.2, 0.25) is 0 Å². The van der Waals surface area contributed by atoms with E-state index in [0.717, 1.165) is 11.1 Å². The van der Waals surface area contributed by atoms with Crippen LogP contribution in [0.4, 0.5) is 0 Å². The average Bonchev–Trinajstić information content (AvgIpc) is 3.10. The Morgan fingerprint density at radius 2 is 1.20 bits per heavy atom. The van der Waals surface area contributed by atoms with Gasteiger partial charge in [0.1, 0.15) is 13.2 Å². The van der Waals surface area contributed by atoms with Crippen LogP contribution in [0.5, 0.6) is 11.5 Å². The number of H-pyrrole nitrogens is 2. The molecule has 0 aliphatic carbocycles. The first-order chi connectivity index (χ1) is 24.5. The zero-order valence-corrected chi connectivity index (χ0v) is 28.7. The molecule has 0 aliphatic rings.